The summed E-state index contributed by atoms with van der Waals surface area (Å²) in [6, 6.07) is 10.7. The molecule has 0 bridgehead atoms. The highest BCUT2D eigenvalue weighted by atomic mass is 35.5. The van der Waals surface area contributed by atoms with E-state index in [0.717, 1.165) is 17.7 Å². The Balaban J connectivity index is 1.76. The van der Waals surface area contributed by atoms with Gasteiger partial charge in [-0.05, 0) is 23.8 Å². The zero-order valence-corrected chi connectivity index (χ0v) is 14.1. The molecular weight excluding hydrogens is 354 g/mol. The molecule has 24 heavy (non-hydrogen) atoms. The molecule has 124 valence electrons. The fraction of sp³-hybridized carbons (Fsp3) is 0.176. The smallest absolute Gasteiger partial charge is 0.265 e. The van der Waals surface area contributed by atoms with E-state index < -0.39 is 23.1 Å². The van der Waals surface area contributed by atoms with E-state index in [0.29, 0.717) is 29.0 Å². The minimum atomic E-state index is -0.873. The Kier molecular flexibility index (Phi) is 5.16. The largest absolute Gasteiger partial charge is 0.285 e. The topological polar surface area (TPSA) is 32.7 Å². The molecule has 2 aromatic carbocycles. The molecule has 0 aromatic heterocycles. The first-order valence-corrected chi connectivity index (χ1v) is 8.61. The van der Waals surface area contributed by atoms with E-state index in [-0.39, 0.29) is 0 Å². The zero-order valence-electron chi connectivity index (χ0n) is 12.5. The van der Waals surface area contributed by atoms with Gasteiger partial charge in [0.25, 0.3) is 5.91 Å². The average Bonchev–Trinajstić information content (AvgIpc) is 3.02. The number of amidine groups is 1. The molecule has 0 aliphatic carbocycles. The van der Waals surface area contributed by atoms with Crippen molar-refractivity contribution >= 4 is 34.4 Å². The molecule has 0 radical (unpaired) electrons. The van der Waals surface area contributed by atoms with Crippen molar-refractivity contribution in [3.05, 3.63) is 70.2 Å². The van der Waals surface area contributed by atoms with Crippen LogP contribution in [0.4, 0.5) is 8.78 Å². The van der Waals surface area contributed by atoms with Crippen LogP contribution in [0.2, 0.25) is 5.02 Å². The van der Waals surface area contributed by atoms with Crippen molar-refractivity contribution in [3.8, 4) is 0 Å². The minimum Gasteiger partial charge on any atom is -0.285 e. The van der Waals surface area contributed by atoms with Crippen LogP contribution in [-0.2, 0) is 5.75 Å². The fourth-order valence-corrected chi connectivity index (χ4v) is 3.66. The van der Waals surface area contributed by atoms with Crippen LogP contribution in [0.1, 0.15) is 15.9 Å². The van der Waals surface area contributed by atoms with E-state index in [4.69, 9.17) is 11.6 Å². The highest BCUT2D eigenvalue weighted by Crippen LogP contribution is 2.26. The molecule has 2 aromatic rings. The van der Waals surface area contributed by atoms with E-state index in [1.165, 1.54) is 22.7 Å². The number of nitrogens with zero attached hydrogens (tertiary/aromatic N) is 2. The third-order valence-corrected chi connectivity index (χ3v) is 4.97. The van der Waals surface area contributed by atoms with Gasteiger partial charge in [0, 0.05) is 17.3 Å². The van der Waals surface area contributed by atoms with Crippen LogP contribution >= 0.6 is 23.4 Å². The second-order valence-electron chi connectivity index (χ2n) is 5.10. The molecule has 0 fully saturated rings. The Labute approximate surface area is 147 Å². The van der Waals surface area contributed by atoms with E-state index in [1.807, 2.05) is 18.2 Å². The quantitative estimate of drug-likeness (QED) is 0.808. The summed E-state index contributed by atoms with van der Waals surface area (Å²) in [7, 11) is 0. The molecule has 0 N–H and O–H groups in total. The number of thioether (sulfide) groups is 1. The highest BCUT2D eigenvalue weighted by molar-refractivity contribution is 8.13. The van der Waals surface area contributed by atoms with Crippen molar-refractivity contribution in [3.63, 3.8) is 0 Å². The summed E-state index contributed by atoms with van der Waals surface area (Å²) in [6.45, 7) is 0.712. The number of benzene rings is 2. The zero-order chi connectivity index (χ0) is 17.1. The van der Waals surface area contributed by atoms with Crippen LogP contribution in [0.25, 0.3) is 0 Å². The van der Waals surface area contributed by atoms with Crippen molar-refractivity contribution in [2.75, 3.05) is 13.1 Å². The van der Waals surface area contributed by atoms with Crippen LogP contribution in [0.15, 0.2) is 47.5 Å². The molecule has 0 atom stereocenters. The van der Waals surface area contributed by atoms with E-state index in [2.05, 4.69) is 4.99 Å². The van der Waals surface area contributed by atoms with Crippen LogP contribution in [-0.4, -0.2) is 29.1 Å². The van der Waals surface area contributed by atoms with Gasteiger partial charge in [0.2, 0.25) is 0 Å². The summed E-state index contributed by atoms with van der Waals surface area (Å²) in [6.07, 6.45) is 0. The van der Waals surface area contributed by atoms with E-state index in [9.17, 15) is 13.6 Å². The Hall–Kier alpha value is -1.92. The van der Waals surface area contributed by atoms with Crippen molar-refractivity contribution in [2.45, 2.75) is 5.75 Å². The summed E-state index contributed by atoms with van der Waals surface area (Å²) in [5.41, 5.74) is 0.355. The minimum absolute atomic E-state index is 0.303. The summed E-state index contributed by atoms with van der Waals surface area (Å²) < 4.78 is 27.7. The van der Waals surface area contributed by atoms with E-state index >= 15 is 0 Å². The molecule has 0 saturated carbocycles. The van der Waals surface area contributed by atoms with Crippen molar-refractivity contribution in [1.29, 1.82) is 0 Å². The number of hydrogen-bond acceptors (Lipinski definition) is 3. The lowest BCUT2D eigenvalue weighted by molar-refractivity contribution is 0.0851. The van der Waals surface area contributed by atoms with Gasteiger partial charge in [-0.25, -0.2) is 8.78 Å². The molecular formula is C17H13ClF2N2OS. The lowest BCUT2D eigenvalue weighted by Crippen LogP contribution is -2.34. The molecule has 1 aliphatic rings. The third kappa shape index (κ3) is 3.44. The van der Waals surface area contributed by atoms with Gasteiger partial charge >= 0.3 is 0 Å². The van der Waals surface area contributed by atoms with Crippen molar-refractivity contribution in [2.24, 2.45) is 4.99 Å². The number of hydrogen-bond donors (Lipinski definition) is 0. The normalized spacial score (nSPS) is 14.0. The maximum Gasteiger partial charge on any atom is 0.265 e. The van der Waals surface area contributed by atoms with Gasteiger partial charge in [0.15, 0.2) is 5.17 Å². The Morgan fingerprint density at radius 3 is 2.58 bits per heavy atom. The maximum atomic E-state index is 13.8. The van der Waals surface area contributed by atoms with Crippen molar-refractivity contribution in [1.82, 2.24) is 4.90 Å². The average molecular weight is 367 g/mol. The van der Waals surface area contributed by atoms with Crippen LogP contribution < -0.4 is 0 Å². The maximum absolute atomic E-state index is 13.8. The molecule has 1 amide bonds. The number of aliphatic imine (C=N–C) groups is 1. The van der Waals surface area contributed by atoms with E-state index in [1.54, 1.807) is 6.07 Å². The van der Waals surface area contributed by atoms with Gasteiger partial charge in [-0.15, -0.1) is 0 Å². The van der Waals surface area contributed by atoms with Gasteiger partial charge in [-0.3, -0.25) is 14.7 Å². The second kappa shape index (κ2) is 7.32. The molecule has 7 heteroatoms. The molecule has 0 spiro atoms. The summed E-state index contributed by atoms with van der Waals surface area (Å²) in [4.78, 5) is 18.1. The van der Waals surface area contributed by atoms with Gasteiger partial charge in [0.1, 0.15) is 17.2 Å². The number of carbonyl (C=O) groups excluding carboxylic acids is 1. The van der Waals surface area contributed by atoms with Crippen LogP contribution in [0, 0.1) is 11.6 Å². The summed E-state index contributed by atoms with van der Waals surface area (Å²) >= 11 is 7.43. The van der Waals surface area contributed by atoms with Gasteiger partial charge in [-0.2, -0.15) is 0 Å². The number of amides is 1. The standard InChI is InChI=1S/C17H13ClF2N2OS/c18-12-5-2-1-4-11(12)10-24-17-21-8-9-22(17)16(23)15-13(19)6-3-7-14(15)20/h1-7H,8-10H2. The molecule has 3 rings (SSSR count). The van der Waals surface area contributed by atoms with Gasteiger partial charge in [-0.1, -0.05) is 47.6 Å². The SMILES string of the molecule is O=C(c1c(F)cccc1F)N1CCN=C1SCc1ccccc1Cl. The van der Waals surface area contributed by atoms with Crippen molar-refractivity contribution < 1.29 is 13.6 Å². The number of carbonyl (C=O) groups is 1. The monoisotopic (exact) mass is 366 g/mol. The first-order valence-electron chi connectivity index (χ1n) is 7.24. The predicted octanol–water partition coefficient (Wildman–Crippen LogP) is 4.36. The first-order chi connectivity index (χ1) is 11.6. The second-order valence-corrected chi connectivity index (χ2v) is 6.45. The first kappa shape index (κ1) is 16.9. The van der Waals surface area contributed by atoms with Gasteiger partial charge in [0.05, 0.1) is 6.54 Å². The van der Waals surface area contributed by atoms with Gasteiger partial charge < -0.3 is 0 Å². The lowest BCUT2D eigenvalue weighted by atomic mass is 10.1. The lowest BCUT2D eigenvalue weighted by Gasteiger charge is -2.18. The Morgan fingerprint density at radius 1 is 1.17 bits per heavy atom. The molecule has 0 unspecified atom stereocenters. The summed E-state index contributed by atoms with van der Waals surface area (Å²) in [5.74, 6) is -1.94. The fourth-order valence-electron chi connectivity index (χ4n) is 2.33. The van der Waals surface area contributed by atoms with Crippen LogP contribution in [0.3, 0.4) is 0 Å². The number of rotatable bonds is 3. The molecule has 3 nitrogen and oxygen atoms in total. The summed E-state index contributed by atoms with van der Waals surface area (Å²) in [5, 5.41) is 1.07. The number of halogens is 3. The predicted molar refractivity (Wildman–Crippen MR) is 92.4 cm³/mol. The Morgan fingerprint density at radius 2 is 1.88 bits per heavy atom. The molecule has 0 saturated heterocycles. The molecule has 1 aliphatic heterocycles. The van der Waals surface area contributed by atoms with Crippen LogP contribution in [0.5, 0.6) is 0 Å². The third-order valence-electron chi connectivity index (χ3n) is 3.54. The Bertz CT molecular complexity index is 793. The highest BCUT2D eigenvalue weighted by Gasteiger charge is 2.29. The molecule has 1 heterocycles.